The molecule has 2 aliphatic carbocycles. The van der Waals surface area contributed by atoms with E-state index < -0.39 is 0 Å². The first-order valence-corrected chi connectivity index (χ1v) is 11.1. The first-order chi connectivity index (χ1) is 12.8. The fourth-order valence-electron chi connectivity index (χ4n) is 7.56. The molecular formula is C21H34IN3O2. The summed E-state index contributed by atoms with van der Waals surface area (Å²) in [5, 5.41) is 3.99. The molecule has 7 atom stereocenters. The number of fused-ring (bicyclic) bond motifs is 7. The maximum atomic E-state index is 6.17. The van der Waals surface area contributed by atoms with Crippen molar-refractivity contribution in [2.75, 3.05) is 26.2 Å². The molecule has 1 spiro atoms. The number of ether oxygens (including phenoxy) is 2. The normalized spacial score (nSPS) is 46.3. The fraction of sp³-hybridized carbons (Fsp3) is 0.952. The zero-order chi connectivity index (χ0) is 17.3. The van der Waals surface area contributed by atoms with Gasteiger partial charge < -0.3 is 19.7 Å². The Balaban J connectivity index is 0.00000160. The fourth-order valence-corrected chi connectivity index (χ4v) is 7.56. The molecule has 0 aromatic carbocycles. The van der Waals surface area contributed by atoms with Crippen molar-refractivity contribution in [2.24, 2.45) is 28.2 Å². The van der Waals surface area contributed by atoms with E-state index in [-0.39, 0.29) is 24.0 Å². The molecular weight excluding hydrogens is 453 g/mol. The lowest BCUT2D eigenvalue weighted by Gasteiger charge is -2.57. The predicted octanol–water partition coefficient (Wildman–Crippen LogP) is 3.03. The number of halogens is 1. The highest BCUT2D eigenvalue weighted by Gasteiger charge is 2.65. The third-order valence-electron chi connectivity index (χ3n) is 8.63. The van der Waals surface area contributed by atoms with Crippen LogP contribution in [0.25, 0.3) is 0 Å². The van der Waals surface area contributed by atoms with E-state index in [1.807, 2.05) is 0 Å². The molecule has 0 amide bonds. The van der Waals surface area contributed by atoms with E-state index >= 15 is 0 Å². The molecule has 6 fully saturated rings. The van der Waals surface area contributed by atoms with E-state index in [0.717, 1.165) is 38.1 Å². The van der Waals surface area contributed by atoms with Crippen LogP contribution in [-0.2, 0) is 9.47 Å². The predicted molar refractivity (Wildman–Crippen MR) is 116 cm³/mol. The second-order valence-electron chi connectivity index (χ2n) is 9.63. The largest absolute Gasteiger partial charge is 0.377 e. The number of guanidine groups is 1. The molecule has 6 heteroatoms. The summed E-state index contributed by atoms with van der Waals surface area (Å²) in [5.41, 5.74) is 0.396. The highest BCUT2D eigenvalue weighted by atomic mass is 127. The number of aliphatic imine (C=N–C) groups is 1. The number of hydrogen-bond acceptors (Lipinski definition) is 3. The molecule has 6 aliphatic rings. The molecule has 27 heavy (non-hydrogen) atoms. The van der Waals surface area contributed by atoms with E-state index in [4.69, 9.17) is 14.5 Å². The number of nitrogens with zero attached hydrogens (tertiary/aromatic N) is 2. The topological polar surface area (TPSA) is 46.1 Å². The Morgan fingerprint density at radius 2 is 1.78 bits per heavy atom. The van der Waals surface area contributed by atoms with Crippen molar-refractivity contribution in [1.29, 1.82) is 0 Å². The van der Waals surface area contributed by atoms with Gasteiger partial charge in [0, 0.05) is 55.5 Å². The molecule has 1 N–H and O–H groups in total. The maximum absolute atomic E-state index is 6.17. The van der Waals surface area contributed by atoms with Crippen molar-refractivity contribution in [3.05, 3.63) is 0 Å². The lowest BCUT2D eigenvalue weighted by atomic mass is 9.54. The van der Waals surface area contributed by atoms with Crippen LogP contribution in [0.3, 0.4) is 0 Å². The molecule has 2 bridgehead atoms. The van der Waals surface area contributed by atoms with Gasteiger partial charge in [-0.15, -0.1) is 24.0 Å². The molecule has 5 nitrogen and oxygen atoms in total. The first kappa shape index (κ1) is 18.9. The first-order valence-electron chi connectivity index (χ1n) is 11.1. The summed E-state index contributed by atoms with van der Waals surface area (Å²) in [5.74, 6) is 3.36. The minimum atomic E-state index is 0. The zero-order valence-corrected chi connectivity index (χ0v) is 18.8. The van der Waals surface area contributed by atoms with Crippen LogP contribution < -0.4 is 5.32 Å². The summed E-state index contributed by atoms with van der Waals surface area (Å²) >= 11 is 0. The van der Waals surface area contributed by atoms with E-state index in [0.29, 0.717) is 35.7 Å². The van der Waals surface area contributed by atoms with Crippen LogP contribution in [0.5, 0.6) is 0 Å². The highest BCUT2D eigenvalue weighted by molar-refractivity contribution is 14.0. The van der Waals surface area contributed by atoms with Gasteiger partial charge in [0.25, 0.3) is 0 Å². The number of nitrogens with one attached hydrogen (secondary N) is 1. The van der Waals surface area contributed by atoms with Crippen LogP contribution in [0.2, 0.25) is 0 Å². The Kier molecular flexibility index (Phi) is 4.91. The monoisotopic (exact) mass is 487 g/mol. The summed E-state index contributed by atoms with van der Waals surface area (Å²) < 4.78 is 12.3. The molecule has 4 heterocycles. The van der Waals surface area contributed by atoms with Crippen molar-refractivity contribution < 1.29 is 9.47 Å². The van der Waals surface area contributed by atoms with Gasteiger partial charge in [-0.3, -0.25) is 4.99 Å². The SMILES string of the molecule is CCN=C(NC1C2CCOC2C12CCCC2)N1CC2C3CCC(O3)C2C1.I. The molecule has 7 unspecified atom stereocenters. The second kappa shape index (κ2) is 7.01. The standard InChI is InChI=1S/C21H33N3O2.HI/c1-2-22-20(24-11-14-15(12-24)17-6-5-16(14)26-17)23-18-13-7-10-25-19(13)21(18)8-3-4-9-21;/h13-19H,2-12H2,1H3,(H,22,23);1H. The molecule has 0 aromatic rings. The lowest BCUT2D eigenvalue weighted by molar-refractivity contribution is -0.125. The molecule has 4 aliphatic heterocycles. The van der Waals surface area contributed by atoms with Crippen molar-refractivity contribution >= 4 is 29.9 Å². The van der Waals surface area contributed by atoms with Gasteiger partial charge >= 0.3 is 0 Å². The lowest BCUT2D eigenvalue weighted by Crippen LogP contribution is -2.69. The molecule has 0 radical (unpaired) electrons. The Bertz CT molecular complexity index is 590. The minimum absolute atomic E-state index is 0. The molecule has 6 rings (SSSR count). The van der Waals surface area contributed by atoms with Crippen LogP contribution in [0, 0.1) is 23.2 Å². The Hall–Kier alpha value is -0.0800. The minimum Gasteiger partial charge on any atom is -0.377 e. The summed E-state index contributed by atoms with van der Waals surface area (Å²) in [6, 6.07) is 0.580. The number of likely N-dealkylation sites (tertiary alicyclic amines) is 1. The van der Waals surface area contributed by atoms with Crippen LogP contribution in [-0.4, -0.2) is 61.5 Å². The van der Waals surface area contributed by atoms with E-state index in [9.17, 15) is 0 Å². The highest BCUT2D eigenvalue weighted by Crippen LogP contribution is 2.60. The molecule has 4 saturated heterocycles. The summed E-state index contributed by atoms with van der Waals surface area (Å²) in [6.07, 6.45) is 10.8. The van der Waals surface area contributed by atoms with Crippen molar-refractivity contribution in [3.8, 4) is 0 Å². The summed E-state index contributed by atoms with van der Waals surface area (Å²) in [4.78, 5) is 7.51. The van der Waals surface area contributed by atoms with Gasteiger partial charge in [0.1, 0.15) is 0 Å². The summed E-state index contributed by atoms with van der Waals surface area (Å²) in [6.45, 7) is 6.27. The quantitative estimate of drug-likeness (QED) is 0.370. The van der Waals surface area contributed by atoms with E-state index in [1.165, 1.54) is 50.9 Å². The third kappa shape index (κ3) is 2.64. The van der Waals surface area contributed by atoms with Crippen LogP contribution >= 0.6 is 24.0 Å². The van der Waals surface area contributed by atoms with Gasteiger partial charge in [-0.25, -0.2) is 0 Å². The average Bonchev–Trinajstić information content (AvgIpc) is 3.44. The van der Waals surface area contributed by atoms with E-state index in [2.05, 4.69) is 17.1 Å². The summed E-state index contributed by atoms with van der Waals surface area (Å²) in [7, 11) is 0. The van der Waals surface area contributed by atoms with Crippen LogP contribution in [0.4, 0.5) is 0 Å². The van der Waals surface area contributed by atoms with E-state index in [1.54, 1.807) is 0 Å². The molecule has 152 valence electrons. The van der Waals surface area contributed by atoms with Gasteiger partial charge in [0.2, 0.25) is 0 Å². The average molecular weight is 487 g/mol. The molecule has 0 aromatic heterocycles. The van der Waals surface area contributed by atoms with Crippen molar-refractivity contribution in [1.82, 2.24) is 10.2 Å². The van der Waals surface area contributed by atoms with Gasteiger partial charge in [-0.05, 0) is 39.0 Å². The smallest absolute Gasteiger partial charge is 0.194 e. The third-order valence-corrected chi connectivity index (χ3v) is 8.63. The van der Waals surface area contributed by atoms with Gasteiger partial charge in [-0.1, -0.05) is 12.8 Å². The van der Waals surface area contributed by atoms with Gasteiger partial charge in [0.05, 0.1) is 18.3 Å². The van der Waals surface area contributed by atoms with Gasteiger partial charge in [-0.2, -0.15) is 0 Å². The maximum Gasteiger partial charge on any atom is 0.194 e. The van der Waals surface area contributed by atoms with Gasteiger partial charge in [0.15, 0.2) is 5.96 Å². The zero-order valence-electron chi connectivity index (χ0n) is 16.4. The Morgan fingerprint density at radius 3 is 2.44 bits per heavy atom. The number of rotatable bonds is 2. The number of hydrogen-bond donors (Lipinski definition) is 1. The Morgan fingerprint density at radius 1 is 1.07 bits per heavy atom. The van der Waals surface area contributed by atoms with Crippen molar-refractivity contribution in [3.63, 3.8) is 0 Å². The van der Waals surface area contributed by atoms with Crippen molar-refractivity contribution in [2.45, 2.75) is 76.2 Å². The Labute approximate surface area is 180 Å². The van der Waals surface area contributed by atoms with Crippen LogP contribution in [0.1, 0.15) is 51.9 Å². The molecule has 2 saturated carbocycles. The second-order valence-corrected chi connectivity index (χ2v) is 9.63. The van der Waals surface area contributed by atoms with Crippen LogP contribution in [0.15, 0.2) is 4.99 Å².